The lowest BCUT2D eigenvalue weighted by Gasteiger charge is -2.13. The first-order chi connectivity index (χ1) is 10.6. The Labute approximate surface area is 127 Å². The lowest BCUT2D eigenvalue weighted by atomic mass is 10.1. The highest BCUT2D eigenvalue weighted by Crippen LogP contribution is 2.20. The first-order valence-electron chi connectivity index (χ1n) is 6.89. The second-order valence-electron chi connectivity index (χ2n) is 4.96. The number of hydrogen-bond donors (Lipinski definition) is 0. The number of allylic oxidation sites excluding steroid dienone is 1. The molecule has 0 N–H and O–H groups in total. The van der Waals surface area contributed by atoms with Crippen LogP contribution in [0.3, 0.4) is 0 Å². The summed E-state index contributed by atoms with van der Waals surface area (Å²) < 4.78 is 6.58. The predicted molar refractivity (Wildman–Crippen MR) is 81.7 cm³/mol. The van der Waals surface area contributed by atoms with E-state index in [4.69, 9.17) is 4.74 Å². The lowest BCUT2D eigenvalue weighted by molar-refractivity contribution is 0.104. The van der Waals surface area contributed by atoms with E-state index in [1.54, 1.807) is 41.2 Å². The van der Waals surface area contributed by atoms with Crippen molar-refractivity contribution in [2.45, 2.75) is 0 Å². The Morgan fingerprint density at radius 2 is 2.27 bits per heavy atom. The SMILES string of the molecule is Cn1cc(C=CC(=O)c2cccc(N3CCOC3=O)c2)cn1. The number of cyclic esters (lactones) is 1. The number of nitrogens with zero attached hydrogens (tertiary/aromatic N) is 3. The topological polar surface area (TPSA) is 64.4 Å². The normalized spacial score (nSPS) is 14.6. The van der Waals surface area contributed by atoms with Gasteiger partial charge in [-0.05, 0) is 24.3 Å². The van der Waals surface area contributed by atoms with Crippen LogP contribution in [0.2, 0.25) is 0 Å². The van der Waals surface area contributed by atoms with Crippen molar-refractivity contribution in [3.8, 4) is 0 Å². The second-order valence-corrected chi connectivity index (χ2v) is 4.96. The molecule has 2 heterocycles. The summed E-state index contributed by atoms with van der Waals surface area (Å²) in [4.78, 5) is 25.3. The standard InChI is InChI=1S/C16H15N3O3/c1-18-11-12(10-17-18)5-6-15(20)13-3-2-4-14(9-13)19-7-8-22-16(19)21/h2-6,9-11H,7-8H2,1H3. The average molecular weight is 297 g/mol. The largest absolute Gasteiger partial charge is 0.447 e. The maximum absolute atomic E-state index is 12.2. The van der Waals surface area contributed by atoms with Crippen molar-refractivity contribution in [2.75, 3.05) is 18.1 Å². The van der Waals surface area contributed by atoms with Crippen LogP contribution in [0.25, 0.3) is 6.08 Å². The molecule has 2 aromatic rings. The fourth-order valence-electron chi connectivity index (χ4n) is 2.25. The molecule has 1 amide bonds. The third-order valence-corrected chi connectivity index (χ3v) is 3.36. The summed E-state index contributed by atoms with van der Waals surface area (Å²) in [5, 5.41) is 4.04. The lowest BCUT2D eigenvalue weighted by Crippen LogP contribution is -2.23. The maximum Gasteiger partial charge on any atom is 0.414 e. The van der Waals surface area contributed by atoms with Crippen molar-refractivity contribution in [1.82, 2.24) is 9.78 Å². The molecule has 1 aromatic carbocycles. The van der Waals surface area contributed by atoms with Gasteiger partial charge < -0.3 is 4.74 Å². The van der Waals surface area contributed by atoms with Crippen LogP contribution < -0.4 is 4.90 Å². The molecule has 6 heteroatoms. The molecule has 0 bridgehead atoms. The van der Waals surface area contributed by atoms with E-state index < -0.39 is 0 Å². The van der Waals surface area contributed by atoms with E-state index in [2.05, 4.69) is 5.10 Å². The van der Waals surface area contributed by atoms with Crippen LogP contribution in [0, 0.1) is 0 Å². The Morgan fingerprint density at radius 3 is 2.95 bits per heavy atom. The van der Waals surface area contributed by atoms with Crippen LogP contribution in [0.5, 0.6) is 0 Å². The van der Waals surface area contributed by atoms with Gasteiger partial charge in [0.1, 0.15) is 6.61 Å². The fourth-order valence-corrected chi connectivity index (χ4v) is 2.25. The smallest absolute Gasteiger partial charge is 0.414 e. The zero-order chi connectivity index (χ0) is 15.5. The van der Waals surface area contributed by atoms with Crippen molar-refractivity contribution in [3.05, 3.63) is 53.9 Å². The van der Waals surface area contributed by atoms with E-state index in [-0.39, 0.29) is 11.9 Å². The van der Waals surface area contributed by atoms with Crippen LogP contribution in [0.1, 0.15) is 15.9 Å². The summed E-state index contributed by atoms with van der Waals surface area (Å²) in [6.07, 6.45) is 6.33. The number of aromatic nitrogens is 2. The van der Waals surface area contributed by atoms with Gasteiger partial charge in [-0.15, -0.1) is 0 Å². The van der Waals surface area contributed by atoms with Gasteiger partial charge in [-0.1, -0.05) is 12.1 Å². The molecule has 112 valence electrons. The molecule has 22 heavy (non-hydrogen) atoms. The zero-order valence-electron chi connectivity index (χ0n) is 12.1. The average Bonchev–Trinajstić information content (AvgIpc) is 3.13. The highest BCUT2D eigenvalue weighted by atomic mass is 16.6. The molecule has 1 fully saturated rings. The number of amides is 1. The number of ketones is 1. The minimum Gasteiger partial charge on any atom is -0.447 e. The molecule has 1 aliphatic heterocycles. The van der Waals surface area contributed by atoms with Crippen molar-refractivity contribution in [3.63, 3.8) is 0 Å². The number of benzene rings is 1. The van der Waals surface area contributed by atoms with E-state index in [9.17, 15) is 9.59 Å². The molecule has 0 unspecified atom stereocenters. The third kappa shape index (κ3) is 2.90. The Morgan fingerprint density at radius 1 is 1.41 bits per heavy atom. The minimum atomic E-state index is -0.379. The van der Waals surface area contributed by atoms with Gasteiger partial charge in [-0.2, -0.15) is 5.10 Å². The molecular weight excluding hydrogens is 282 g/mol. The van der Waals surface area contributed by atoms with Gasteiger partial charge in [0.25, 0.3) is 0 Å². The summed E-state index contributed by atoms with van der Waals surface area (Å²) in [5.41, 5.74) is 2.05. The number of rotatable bonds is 4. The summed E-state index contributed by atoms with van der Waals surface area (Å²) in [6.45, 7) is 0.875. The molecule has 0 spiro atoms. The summed E-state index contributed by atoms with van der Waals surface area (Å²) in [6, 6.07) is 6.96. The Balaban J connectivity index is 1.78. The van der Waals surface area contributed by atoms with Gasteiger partial charge in [0.2, 0.25) is 0 Å². The van der Waals surface area contributed by atoms with Crippen LogP contribution in [0.15, 0.2) is 42.7 Å². The molecule has 1 saturated heterocycles. The number of hydrogen-bond acceptors (Lipinski definition) is 4. The predicted octanol–water partition coefficient (Wildman–Crippen LogP) is 2.27. The summed E-state index contributed by atoms with van der Waals surface area (Å²) in [5.74, 6) is -0.127. The van der Waals surface area contributed by atoms with E-state index in [0.29, 0.717) is 24.4 Å². The molecule has 6 nitrogen and oxygen atoms in total. The molecule has 0 radical (unpaired) electrons. The second kappa shape index (κ2) is 5.85. The van der Waals surface area contributed by atoms with E-state index in [1.807, 2.05) is 13.2 Å². The van der Waals surface area contributed by atoms with Gasteiger partial charge in [-0.25, -0.2) is 4.79 Å². The van der Waals surface area contributed by atoms with Gasteiger partial charge in [0.15, 0.2) is 5.78 Å². The molecule has 0 atom stereocenters. The van der Waals surface area contributed by atoms with Crippen molar-refractivity contribution >= 4 is 23.6 Å². The van der Waals surface area contributed by atoms with Crippen LogP contribution in [-0.4, -0.2) is 34.8 Å². The zero-order valence-corrected chi connectivity index (χ0v) is 12.1. The third-order valence-electron chi connectivity index (χ3n) is 3.36. The van der Waals surface area contributed by atoms with Crippen LogP contribution >= 0.6 is 0 Å². The van der Waals surface area contributed by atoms with Crippen LogP contribution in [0.4, 0.5) is 10.5 Å². The number of carbonyl (C=O) groups excluding carboxylic acids is 2. The van der Waals surface area contributed by atoms with E-state index in [1.165, 1.54) is 11.0 Å². The number of ether oxygens (including phenoxy) is 1. The van der Waals surface area contributed by atoms with Crippen LogP contribution in [-0.2, 0) is 11.8 Å². The Hall–Kier alpha value is -2.89. The Kier molecular flexibility index (Phi) is 3.74. The number of carbonyl (C=O) groups is 2. The van der Waals surface area contributed by atoms with Crippen molar-refractivity contribution in [2.24, 2.45) is 7.05 Å². The van der Waals surface area contributed by atoms with Gasteiger partial charge in [0, 0.05) is 30.1 Å². The quantitative estimate of drug-likeness (QED) is 0.641. The number of aryl methyl sites for hydroxylation is 1. The summed E-state index contributed by atoms with van der Waals surface area (Å²) in [7, 11) is 1.82. The fraction of sp³-hybridized carbons (Fsp3) is 0.188. The highest BCUT2D eigenvalue weighted by molar-refractivity contribution is 6.07. The minimum absolute atomic E-state index is 0.127. The van der Waals surface area contributed by atoms with E-state index >= 15 is 0 Å². The molecule has 0 saturated carbocycles. The first-order valence-corrected chi connectivity index (χ1v) is 6.89. The van der Waals surface area contributed by atoms with Gasteiger partial charge in [0.05, 0.1) is 12.7 Å². The number of anilines is 1. The van der Waals surface area contributed by atoms with Gasteiger partial charge in [-0.3, -0.25) is 14.4 Å². The molecule has 1 aliphatic rings. The Bertz CT molecular complexity index is 749. The summed E-state index contributed by atoms with van der Waals surface area (Å²) >= 11 is 0. The molecule has 0 aliphatic carbocycles. The van der Waals surface area contributed by atoms with Crippen molar-refractivity contribution in [1.29, 1.82) is 0 Å². The highest BCUT2D eigenvalue weighted by Gasteiger charge is 2.23. The molecule has 1 aromatic heterocycles. The monoisotopic (exact) mass is 297 g/mol. The maximum atomic E-state index is 12.2. The molecular formula is C16H15N3O3. The van der Waals surface area contributed by atoms with E-state index in [0.717, 1.165) is 5.56 Å². The van der Waals surface area contributed by atoms with Crippen molar-refractivity contribution < 1.29 is 14.3 Å². The molecule has 3 rings (SSSR count). The van der Waals surface area contributed by atoms with Gasteiger partial charge >= 0.3 is 6.09 Å². The first kappa shape index (κ1) is 14.1.